The zero-order valence-electron chi connectivity index (χ0n) is 17.5. The van der Waals surface area contributed by atoms with Gasteiger partial charge in [-0.2, -0.15) is 5.10 Å². The Morgan fingerprint density at radius 2 is 1.74 bits per heavy atom. The number of aryl methyl sites for hydroxylation is 2. The summed E-state index contributed by atoms with van der Waals surface area (Å²) in [7, 11) is 0. The van der Waals surface area contributed by atoms with Crippen molar-refractivity contribution >= 4 is 0 Å². The van der Waals surface area contributed by atoms with Crippen LogP contribution in [0.5, 0.6) is 0 Å². The van der Waals surface area contributed by atoms with Crippen LogP contribution in [0.2, 0.25) is 0 Å². The van der Waals surface area contributed by atoms with Gasteiger partial charge in [-0.1, -0.05) is 24.3 Å². The molecule has 2 aromatic rings. The van der Waals surface area contributed by atoms with E-state index in [1.165, 1.54) is 22.4 Å². The minimum Gasteiger partial charge on any atom is -0.373 e. The molecular weight excluding hydrogens is 336 g/mol. The fraction of sp³-hybridized carbons (Fsp3) is 0.591. The topological polar surface area (TPSA) is 42.3 Å². The molecule has 5 nitrogen and oxygen atoms in total. The van der Waals surface area contributed by atoms with Crippen LogP contribution in [-0.4, -0.2) is 40.0 Å². The monoisotopic (exact) mass is 370 g/mol. The van der Waals surface area contributed by atoms with E-state index in [1.807, 2.05) is 0 Å². The second-order valence-corrected chi connectivity index (χ2v) is 7.79. The SMILES string of the molecule is CCn1nc(C)c(CNCc2ccccc2CN2C[C@@H](C)O[C@H](C)C2)c1C. The normalized spacial score (nSPS) is 20.9. The molecule has 1 N–H and O–H groups in total. The molecule has 0 radical (unpaired) electrons. The summed E-state index contributed by atoms with van der Waals surface area (Å²) in [5.41, 5.74) is 6.51. The van der Waals surface area contributed by atoms with Gasteiger partial charge in [0.25, 0.3) is 0 Å². The second-order valence-electron chi connectivity index (χ2n) is 7.79. The van der Waals surface area contributed by atoms with Crippen molar-refractivity contribution in [3.05, 3.63) is 52.3 Å². The first-order chi connectivity index (χ1) is 13.0. The van der Waals surface area contributed by atoms with Crippen molar-refractivity contribution in [2.45, 2.75) is 73.0 Å². The summed E-state index contributed by atoms with van der Waals surface area (Å²) in [4.78, 5) is 2.51. The molecule has 0 amide bonds. The maximum Gasteiger partial charge on any atom is 0.0678 e. The van der Waals surface area contributed by atoms with Crippen molar-refractivity contribution in [2.75, 3.05) is 13.1 Å². The van der Waals surface area contributed by atoms with E-state index in [1.54, 1.807) is 0 Å². The van der Waals surface area contributed by atoms with Crippen LogP contribution < -0.4 is 5.32 Å². The van der Waals surface area contributed by atoms with Crippen molar-refractivity contribution in [1.82, 2.24) is 20.0 Å². The standard InChI is InChI=1S/C22H34N4O/c1-6-26-19(5)22(18(4)24-26)12-23-11-20-9-7-8-10-21(20)15-25-13-16(2)27-17(3)14-25/h7-10,16-17,23H,6,11-15H2,1-5H3/t16-,17-/m1/s1. The van der Waals surface area contributed by atoms with Crippen molar-refractivity contribution in [1.29, 1.82) is 0 Å². The lowest BCUT2D eigenvalue weighted by Crippen LogP contribution is -2.45. The molecule has 0 aliphatic carbocycles. The maximum atomic E-state index is 5.87. The van der Waals surface area contributed by atoms with E-state index >= 15 is 0 Å². The van der Waals surface area contributed by atoms with Crippen LogP contribution in [0.3, 0.4) is 0 Å². The third-order valence-corrected chi connectivity index (χ3v) is 5.46. The van der Waals surface area contributed by atoms with Crippen LogP contribution in [0, 0.1) is 13.8 Å². The molecule has 1 saturated heterocycles. The van der Waals surface area contributed by atoms with E-state index in [4.69, 9.17) is 4.74 Å². The van der Waals surface area contributed by atoms with Crippen LogP contribution in [0.25, 0.3) is 0 Å². The molecule has 5 heteroatoms. The predicted octanol–water partition coefficient (Wildman–Crippen LogP) is 3.42. The predicted molar refractivity (Wildman–Crippen MR) is 110 cm³/mol. The Morgan fingerprint density at radius 3 is 2.37 bits per heavy atom. The number of hydrogen-bond acceptors (Lipinski definition) is 4. The van der Waals surface area contributed by atoms with Crippen LogP contribution in [0.1, 0.15) is 48.8 Å². The summed E-state index contributed by atoms with van der Waals surface area (Å²) >= 11 is 0. The van der Waals surface area contributed by atoms with Gasteiger partial charge in [-0.3, -0.25) is 9.58 Å². The van der Waals surface area contributed by atoms with Gasteiger partial charge in [0.05, 0.1) is 17.9 Å². The van der Waals surface area contributed by atoms with Gasteiger partial charge in [0, 0.05) is 50.5 Å². The number of aromatic nitrogens is 2. The Morgan fingerprint density at radius 1 is 1.07 bits per heavy atom. The minimum atomic E-state index is 0.306. The highest BCUT2D eigenvalue weighted by Gasteiger charge is 2.22. The zero-order valence-corrected chi connectivity index (χ0v) is 17.5. The first kappa shape index (κ1) is 20.1. The fourth-order valence-electron chi connectivity index (χ4n) is 4.16. The number of rotatable bonds is 7. The van der Waals surface area contributed by atoms with Crippen molar-refractivity contribution < 1.29 is 4.74 Å². The van der Waals surface area contributed by atoms with Gasteiger partial charge < -0.3 is 10.1 Å². The molecule has 1 aliphatic rings. The smallest absolute Gasteiger partial charge is 0.0678 e. The van der Waals surface area contributed by atoms with Gasteiger partial charge in [0.15, 0.2) is 0 Å². The van der Waals surface area contributed by atoms with E-state index in [2.05, 4.69) is 78.9 Å². The number of morpholine rings is 1. The highest BCUT2D eigenvalue weighted by molar-refractivity contribution is 5.28. The van der Waals surface area contributed by atoms with E-state index in [0.717, 1.165) is 45.0 Å². The summed E-state index contributed by atoms with van der Waals surface area (Å²) in [6.07, 6.45) is 0.611. The first-order valence-electron chi connectivity index (χ1n) is 10.2. The third-order valence-electron chi connectivity index (χ3n) is 5.46. The van der Waals surface area contributed by atoms with Gasteiger partial charge in [-0.15, -0.1) is 0 Å². The fourth-order valence-corrected chi connectivity index (χ4v) is 4.16. The van der Waals surface area contributed by atoms with Crippen LogP contribution in [-0.2, 0) is 30.9 Å². The molecule has 1 aromatic heterocycles. The van der Waals surface area contributed by atoms with E-state index in [0.29, 0.717) is 12.2 Å². The molecule has 148 valence electrons. The first-order valence-corrected chi connectivity index (χ1v) is 10.2. The molecule has 1 fully saturated rings. The summed E-state index contributed by atoms with van der Waals surface area (Å²) in [5.74, 6) is 0. The van der Waals surface area contributed by atoms with E-state index in [9.17, 15) is 0 Å². The molecule has 0 bridgehead atoms. The second kappa shape index (κ2) is 9.00. The Hall–Kier alpha value is -1.69. The van der Waals surface area contributed by atoms with Crippen molar-refractivity contribution in [2.24, 2.45) is 0 Å². The Bertz CT molecular complexity index is 745. The third kappa shape index (κ3) is 4.98. The average molecular weight is 371 g/mol. The molecular formula is C22H34N4O. The molecule has 0 unspecified atom stereocenters. The highest BCUT2D eigenvalue weighted by atomic mass is 16.5. The molecule has 0 saturated carbocycles. The number of nitrogens with one attached hydrogen (secondary N) is 1. The lowest BCUT2D eigenvalue weighted by molar-refractivity contribution is -0.0705. The quantitative estimate of drug-likeness (QED) is 0.811. The Labute approximate surface area is 163 Å². The summed E-state index contributed by atoms with van der Waals surface area (Å²) in [6.45, 7) is 16.4. The van der Waals surface area contributed by atoms with Crippen LogP contribution in [0.15, 0.2) is 24.3 Å². The Kier molecular flexibility index (Phi) is 6.68. The lowest BCUT2D eigenvalue weighted by Gasteiger charge is -2.35. The van der Waals surface area contributed by atoms with E-state index < -0.39 is 0 Å². The van der Waals surface area contributed by atoms with Gasteiger partial charge >= 0.3 is 0 Å². The van der Waals surface area contributed by atoms with Crippen molar-refractivity contribution in [3.63, 3.8) is 0 Å². The lowest BCUT2D eigenvalue weighted by atomic mass is 10.1. The number of benzene rings is 1. The molecule has 2 atom stereocenters. The molecule has 27 heavy (non-hydrogen) atoms. The summed E-state index contributed by atoms with van der Waals surface area (Å²) < 4.78 is 7.95. The van der Waals surface area contributed by atoms with Crippen LogP contribution >= 0.6 is 0 Å². The molecule has 1 aliphatic heterocycles. The minimum absolute atomic E-state index is 0.306. The Balaban J connectivity index is 1.62. The number of nitrogens with zero attached hydrogens (tertiary/aromatic N) is 3. The van der Waals surface area contributed by atoms with Crippen molar-refractivity contribution in [3.8, 4) is 0 Å². The summed E-state index contributed by atoms with van der Waals surface area (Å²) in [6, 6.07) is 8.78. The molecule has 3 rings (SSSR count). The summed E-state index contributed by atoms with van der Waals surface area (Å²) in [5, 5.41) is 8.26. The molecule has 0 spiro atoms. The number of hydrogen-bond donors (Lipinski definition) is 1. The largest absolute Gasteiger partial charge is 0.373 e. The molecule has 1 aromatic carbocycles. The maximum absolute atomic E-state index is 5.87. The van der Waals surface area contributed by atoms with Gasteiger partial charge in [0.2, 0.25) is 0 Å². The van der Waals surface area contributed by atoms with Gasteiger partial charge in [0.1, 0.15) is 0 Å². The van der Waals surface area contributed by atoms with E-state index in [-0.39, 0.29) is 0 Å². The molecule has 2 heterocycles. The van der Waals surface area contributed by atoms with Gasteiger partial charge in [-0.25, -0.2) is 0 Å². The zero-order chi connectivity index (χ0) is 19.4. The van der Waals surface area contributed by atoms with Crippen LogP contribution in [0.4, 0.5) is 0 Å². The highest BCUT2D eigenvalue weighted by Crippen LogP contribution is 2.18. The number of ether oxygens (including phenoxy) is 1. The average Bonchev–Trinajstić information content (AvgIpc) is 2.89. The van der Waals surface area contributed by atoms with Gasteiger partial charge in [-0.05, 0) is 45.7 Å².